The van der Waals surface area contributed by atoms with Crippen molar-refractivity contribution < 1.29 is 22.7 Å². The van der Waals surface area contributed by atoms with Gasteiger partial charge < -0.3 is 9.64 Å². The molecule has 0 aromatic heterocycles. The van der Waals surface area contributed by atoms with Crippen LogP contribution < -0.4 is 4.31 Å². The van der Waals surface area contributed by atoms with Gasteiger partial charge in [0.05, 0.1) is 30.7 Å². The second-order valence-corrected chi connectivity index (χ2v) is 9.07. The molecule has 1 aliphatic rings. The van der Waals surface area contributed by atoms with Gasteiger partial charge >= 0.3 is 5.97 Å². The van der Waals surface area contributed by atoms with Crippen LogP contribution in [0.1, 0.15) is 45.2 Å². The molecule has 1 unspecified atom stereocenters. The molecule has 1 heterocycles. The first-order chi connectivity index (χ1) is 13.7. The van der Waals surface area contributed by atoms with E-state index >= 15 is 0 Å². The first kappa shape index (κ1) is 20.9. The van der Waals surface area contributed by atoms with E-state index in [1.165, 1.54) is 32.4 Å². The summed E-state index contributed by atoms with van der Waals surface area (Å²) < 4.78 is 29.8. The second kappa shape index (κ2) is 8.24. The van der Waals surface area contributed by atoms with Crippen molar-refractivity contribution >= 4 is 27.6 Å². The Morgan fingerprint density at radius 1 is 1.10 bits per heavy atom. The monoisotopic (exact) mass is 416 g/mol. The highest BCUT2D eigenvalue weighted by atomic mass is 32.2. The van der Waals surface area contributed by atoms with Crippen LogP contribution in [0.2, 0.25) is 0 Å². The summed E-state index contributed by atoms with van der Waals surface area (Å²) >= 11 is 0. The molecule has 7 nitrogen and oxygen atoms in total. The number of anilines is 1. The standard InChI is InChI=1S/C21H24N2O5S/c1-22(29(3,26)27)18-13-16(12-17(14-18)21(25)28-2)20(24)23-11-7-10-19(23)15-8-5-4-6-9-15/h4-6,8-9,12-14,19H,7,10-11H2,1-3H3. The zero-order chi connectivity index (χ0) is 21.2. The molecule has 1 fully saturated rings. The van der Waals surface area contributed by atoms with Crippen molar-refractivity contribution in [2.75, 3.05) is 31.3 Å². The summed E-state index contributed by atoms with van der Waals surface area (Å²) in [6, 6.07) is 14.1. The van der Waals surface area contributed by atoms with Gasteiger partial charge in [0.15, 0.2) is 0 Å². The number of hydrogen-bond acceptors (Lipinski definition) is 5. The molecule has 3 rings (SSSR count). The lowest BCUT2D eigenvalue weighted by atomic mass is 10.0. The number of carbonyl (C=O) groups is 2. The number of ether oxygens (including phenoxy) is 1. The predicted molar refractivity (Wildman–Crippen MR) is 110 cm³/mol. The topological polar surface area (TPSA) is 84.0 Å². The molecule has 154 valence electrons. The number of nitrogens with zero attached hydrogens (tertiary/aromatic N) is 2. The fourth-order valence-electron chi connectivity index (χ4n) is 3.54. The van der Waals surface area contributed by atoms with Gasteiger partial charge in [0, 0.05) is 19.2 Å². The summed E-state index contributed by atoms with van der Waals surface area (Å²) in [7, 11) is -0.948. The summed E-state index contributed by atoms with van der Waals surface area (Å²) in [4.78, 5) is 27.2. The SMILES string of the molecule is COC(=O)c1cc(C(=O)N2CCCC2c2ccccc2)cc(N(C)S(C)(=O)=O)c1. The van der Waals surface area contributed by atoms with Crippen molar-refractivity contribution in [2.24, 2.45) is 0 Å². The number of sulfonamides is 1. The van der Waals surface area contributed by atoms with Crippen LogP contribution in [0.25, 0.3) is 0 Å². The van der Waals surface area contributed by atoms with Gasteiger partial charge in [-0.25, -0.2) is 13.2 Å². The van der Waals surface area contributed by atoms with Crippen LogP contribution in [0.3, 0.4) is 0 Å². The van der Waals surface area contributed by atoms with Gasteiger partial charge in [-0.1, -0.05) is 30.3 Å². The average Bonchev–Trinajstić information content (AvgIpc) is 3.21. The van der Waals surface area contributed by atoms with Gasteiger partial charge in [0.2, 0.25) is 10.0 Å². The van der Waals surface area contributed by atoms with Gasteiger partial charge in [0.25, 0.3) is 5.91 Å². The quantitative estimate of drug-likeness (QED) is 0.700. The average molecular weight is 416 g/mol. The smallest absolute Gasteiger partial charge is 0.337 e. The number of likely N-dealkylation sites (tertiary alicyclic amines) is 1. The van der Waals surface area contributed by atoms with Crippen LogP contribution in [-0.2, 0) is 14.8 Å². The number of benzene rings is 2. The molecule has 0 radical (unpaired) electrons. The van der Waals surface area contributed by atoms with Crippen molar-refractivity contribution in [1.82, 2.24) is 4.90 Å². The van der Waals surface area contributed by atoms with E-state index in [0.29, 0.717) is 6.54 Å². The molecule has 0 bridgehead atoms. The zero-order valence-corrected chi connectivity index (χ0v) is 17.5. The van der Waals surface area contributed by atoms with Crippen molar-refractivity contribution in [2.45, 2.75) is 18.9 Å². The lowest BCUT2D eigenvalue weighted by Gasteiger charge is -2.26. The Morgan fingerprint density at radius 2 is 1.76 bits per heavy atom. The summed E-state index contributed by atoms with van der Waals surface area (Å²) in [6.45, 7) is 0.595. The van der Waals surface area contributed by atoms with Crippen molar-refractivity contribution in [3.05, 3.63) is 65.2 Å². The maximum atomic E-state index is 13.3. The number of esters is 1. The van der Waals surface area contributed by atoms with Crippen LogP contribution in [0.5, 0.6) is 0 Å². The number of amides is 1. The lowest BCUT2D eigenvalue weighted by molar-refractivity contribution is 0.0600. The van der Waals surface area contributed by atoms with Crippen molar-refractivity contribution in [3.8, 4) is 0 Å². The van der Waals surface area contributed by atoms with Crippen LogP contribution in [-0.4, -0.2) is 52.2 Å². The normalized spacial score (nSPS) is 16.5. The first-order valence-electron chi connectivity index (χ1n) is 9.25. The van der Waals surface area contributed by atoms with E-state index < -0.39 is 16.0 Å². The van der Waals surface area contributed by atoms with Crippen molar-refractivity contribution in [3.63, 3.8) is 0 Å². The molecule has 0 spiro atoms. The van der Waals surface area contributed by atoms with E-state index in [1.54, 1.807) is 4.90 Å². The summed E-state index contributed by atoms with van der Waals surface area (Å²) in [6.07, 6.45) is 2.78. The minimum atomic E-state index is -3.56. The molecule has 2 aromatic carbocycles. The number of rotatable bonds is 5. The first-order valence-corrected chi connectivity index (χ1v) is 11.1. The van der Waals surface area contributed by atoms with Crippen LogP contribution in [0, 0.1) is 0 Å². The number of hydrogen-bond donors (Lipinski definition) is 0. The van der Waals surface area contributed by atoms with E-state index in [1.807, 2.05) is 30.3 Å². The Hall–Kier alpha value is -2.87. The van der Waals surface area contributed by atoms with Crippen LogP contribution in [0.4, 0.5) is 5.69 Å². The minimum Gasteiger partial charge on any atom is -0.465 e. The van der Waals surface area contributed by atoms with Gasteiger partial charge in [-0.2, -0.15) is 0 Å². The molecule has 1 amide bonds. The number of methoxy groups -OCH3 is 1. The molecule has 8 heteroatoms. The molecule has 2 aromatic rings. The molecule has 0 saturated carbocycles. The Balaban J connectivity index is 2.02. The summed E-state index contributed by atoms with van der Waals surface area (Å²) in [5.74, 6) is -0.880. The highest BCUT2D eigenvalue weighted by Crippen LogP contribution is 2.33. The molecular formula is C21H24N2O5S. The Labute approximate surface area is 170 Å². The fourth-order valence-corrected chi connectivity index (χ4v) is 4.03. The van der Waals surface area contributed by atoms with Gasteiger partial charge in [-0.05, 0) is 36.6 Å². The van der Waals surface area contributed by atoms with E-state index in [-0.39, 0.29) is 28.8 Å². The van der Waals surface area contributed by atoms with Crippen molar-refractivity contribution in [1.29, 1.82) is 0 Å². The molecule has 29 heavy (non-hydrogen) atoms. The van der Waals surface area contributed by atoms with Crippen LogP contribution in [0.15, 0.2) is 48.5 Å². The molecule has 0 N–H and O–H groups in total. The number of carbonyl (C=O) groups excluding carboxylic acids is 2. The lowest BCUT2D eigenvalue weighted by Crippen LogP contribution is -2.31. The Morgan fingerprint density at radius 3 is 2.38 bits per heavy atom. The minimum absolute atomic E-state index is 0.0541. The second-order valence-electron chi connectivity index (χ2n) is 7.06. The largest absolute Gasteiger partial charge is 0.465 e. The summed E-state index contributed by atoms with van der Waals surface area (Å²) in [5, 5.41) is 0. The maximum absolute atomic E-state index is 13.3. The maximum Gasteiger partial charge on any atom is 0.337 e. The van der Waals surface area contributed by atoms with Crippen LogP contribution >= 0.6 is 0 Å². The Kier molecular flexibility index (Phi) is 5.93. The third-order valence-electron chi connectivity index (χ3n) is 5.14. The van der Waals surface area contributed by atoms with Gasteiger partial charge in [-0.3, -0.25) is 9.10 Å². The van der Waals surface area contributed by atoms with E-state index in [4.69, 9.17) is 4.74 Å². The molecule has 1 atom stereocenters. The third kappa shape index (κ3) is 4.42. The van der Waals surface area contributed by atoms with Gasteiger partial charge in [0.1, 0.15) is 0 Å². The summed E-state index contributed by atoms with van der Waals surface area (Å²) in [5.41, 5.74) is 1.66. The van der Waals surface area contributed by atoms with E-state index in [9.17, 15) is 18.0 Å². The molecule has 0 aliphatic carbocycles. The Bertz CT molecular complexity index is 1020. The van der Waals surface area contributed by atoms with E-state index in [2.05, 4.69) is 0 Å². The fraction of sp³-hybridized carbons (Fsp3) is 0.333. The highest BCUT2D eigenvalue weighted by molar-refractivity contribution is 7.92. The molecule has 1 aliphatic heterocycles. The predicted octanol–water partition coefficient (Wildman–Crippen LogP) is 2.85. The highest BCUT2D eigenvalue weighted by Gasteiger charge is 2.31. The zero-order valence-electron chi connectivity index (χ0n) is 16.7. The molecular weight excluding hydrogens is 392 g/mol. The molecule has 1 saturated heterocycles. The van der Waals surface area contributed by atoms with Gasteiger partial charge in [-0.15, -0.1) is 0 Å². The van der Waals surface area contributed by atoms with E-state index in [0.717, 1.165) is 29.0 Å². The third-order valence-corrected chi connectivity index (χ3v) is 6.35.